The lowest BCUT2D eigenvalue weighted by molar-refractivity contribution is -0.117. The predicted molar refractivity (Wildman–Crippen MR) is 48.6 cm³/mol. The maximum absolute atomic E-state index is 11.2. The standard InChI is InChI=1S/C8H9N3O3/c9-6(12)4-10-8(14)5-2-1-3-7(13)11-5/h1-3H,4H2,(H2,9,12)(H,10,14)(H,11,13). The van der Waals surface area contributed by atoms with E-state index >= 15 is 0 Å². The maximum atomic E-state index is 11.2. The van der Waals surface area contributed by atoms with Crippen molar-refractivity contribution in [2.24, 2.45) is 5.73 Å². The molecule has 0 aromatic carbocycles. The molecule has 0 radical (unpaired) electrons. The number of aromatic nitrogens is 1. The number of nitrogens with one attached hydrogen (secondary N) is 2. The number of carbonyl (C=O) groups excluding carboxylic acids is 2. The Morgan fingerprint density at radius 3 is 2.71 bits per heavy atom. The number of primary amides is 1. The van der Waals surface area contributed by atoms with E-state index in [1.807, 2.05) is 0 Å². The van der Waals surface area contributed by atoms with Crippen molar-refractivity contribution in [1.29, 1.82) is 0 Å². The summed E-state index contributed by atoms with van der Waals surface area (Å²) >= 11 is 0. The number of carbonyl (C=O) groups is 2. The molecule has 6 nitrogen and oxygen atoms in total. The Hall–Kier alpha value is -2.11. The minimum Gasteiger partial charge on any atom is -0.368 e. The molecule has 0 aliphatic heterocycles. The first-order chi connectivity index (χ1) is 6.59. The van der Waals surface area contributed by atoms with Gasteiger partial charge in [0.15, 0.2) is 0 Å². The van der Waals surface area contributed by atoms with Crippen LogP contribution in [0.4, 0.5) is 0 Å². The molecule has 0 aliphatic rings. The zero-order chi connectivity index (χ0) is 10.6. The van der Waals surface area contributed by atoms with E-state index in [0.717, 1.165) is 0 Å². The van der Waals surface area contributed by atoms with Crippen LogP contribution in [0.1, 0.15) is 10.5 Å². The Morgan fingerprint density at radius 1 is 1.43 bits per heavy atom. The number of hydrogen-bond donors (Lipinski definition) is 3. The summed E-state index contributed by atoms with van der Waals surface area (Å²) in [6.45, 7) is -0.254. The molecule has 2 amide bonds. The Morgan fingerprint density at radius 2 is 2.14 bits per heavy atom. The highest BCUT2D eigenvalue weighted by atomic mass is 16.2. The summed E-state index contributed by atoms with van der Waals surface area (Å²) in [4.78, 5) is 34.7. The zero-order valence-electron chi connectivity index (χ0n) is 7.24. The highest BCUT2D eigenvalue weighted by molar-refractivity contribution is 5.94. The molecule has 6 heteroatoms. The van der Waals surface area contributed by atoms with E-state index in [4.69, 9.17) is 5.73 Å². The van der Waals surface area contributed by atoms with Crippen LogP contribution in [0.15, 0.2) is 23.0 Å². The predicted octanol–water partition coefficient (Wildman–Crippen LogP) is -1.41. The summed E-state index contributed by atoms with van der Waals surface area (Å²) in [5.41, 5.74) is 4.54. The van der Waals surface area contributed by atoms with Crippen molar-refractivity contribution < 1.29 is 9.59 Å². The van der Waals surface area contributed by atoms with Crippen LogP contribution < -0.4 is 16.6 Å². The van der Waals surface area contributed by atoms with Gasteiger partial charge in [0.25, 0.3) is 5.91 Å². The molecule has 4 N–H and O–H groups in total. The van der Waals surface area contributed by atoms with Gasteiger partial charge in [-0.15, -0.1) is 0 Å². The maximum Gasteiger partial charge on any atom is 0.268 e. The van der Waals surface area contributed by atoms with E-state index < -0.39 is 11.8 Å². The number of rotatable bonds is 3. The van der Waals surface area contributed by atoms with Crippen molar-refractivity contribution in [3.05, 3.63) is 34.2 Å². The van der Waals surface area contributed by atoms with Gasteiger partial charge in [-0.05, 0) is 6.07 Å². The summed E-state index contributed by atoms with van der Waals surface area (Å²) in [7, 11) is 0. The first-order valence-corrected chi connectivity index (χ1v) is 3.85. The van der Waals surface area contributed by atoms with Gasteiger partial charge in [0.05, 0.1) is 6.54 Å². The fourth-order valence-electron chi connectivity index (χ4n) is 0.843. The van der Waals surface area contributed by atoms with E-state index in [-0.39, 0.29) is 17.8 Å². The van der Waals surface area contributed by atoms with E-state index in [2.05, 4.69) is 10.3 Å². The molecule has 0 bridgehead atoms. The van der Waals surface area contributed by atoms with Crippen LogP contribution >= 0.6 is 0 Å². The Balaban J connectivity index is 2.70. The number of nitrogens with two attached hydrogens (primary N) is 1. The fraction of sp³-hybridized carbons (Fsp3) is 0.125. The third-order valence-electron chi connectivity index (χ3n) is 1.44. The van der Waals surface area contributed by atoms with E-state index in [1.54, 1.807) is 0 Å². The van der Waals surface area contributed by atoms with Crippen molar-refractivity contribution in [2.75, 3.05) is 6.54 Å². The Labute approximate surface area is 79.1 Å². The molecule has 1 heterocycles. The van der Waals surface area contributed by atoms with Gasteiger partial charge < -0.3 is 16.0 Å². The monoisotopic (exact) mass is 195 g/mol. The second kappa shape index (κ2) is 4.22. The quantitative estimate of drug-likeness (QED) is 0.551. The van der Waals surface area contributed by atoms with Gasteiger partial charge >= 0.3 is 0 Å². The van der Waals surface area contributed by atoms with Crippen molar-refractivity contribution in [3.8, 4) is 0 Å². The number of amides is 2. The van der Waals surface area contributed by atoms with Gasteiger partial charge in [-0.1, -0.05) is 6.07 Å². The molecule has 0 unspecified atom stereocenters. The average molecular weight is 195 g/mol. The van der Waals surface area contributed by atoms with Crippen molar-refractivity contribution in [3.63, 3.8) is 0 Å². The van der Waals surface area contributed by atoms with Gasteiger partial charge in [0.1, 0.15) is 5.69 Å². The summed E-state index contributed by atoms with van der Waals surface area (Å²) in [6.07, 6.45) is 0. The van der Waals surface area contributed by atoms with Crippen LogP contribution in [0.25, 0.3) is 0 Å². The molecule has 0 saturated heterocycles. The molecule has 74 valence electrons. The zero-order valence-corrected chi connectivity index (χ0v) is 7.24. The summed E-state index contributed by atoms with van der Waals surface area (Å²) in [5, 5.41) is 2.24. The number of H-pyrrole nitrogens is 1. The van der Waals surface area contributed by atoms with Gasteiger partial charge in [-0.3, -0.25) is 14.4 Å². The third kappa shape index (κ3) is 2.74. The molecular weight excluding hydrogens is 186 g/mol. The number of pyridine rings is 1. The molecule has 14 heavy (non-hydrogen) atoms. The average Bonchev–Trinajstić information content (AvgIpc) is 2.14. The highest BCUT2D eigenvalue weighted by Gasteiger charge is 2.05. The molecule has 0 saturated carbocycles. The van der Waals surface area contributed by atoms with E-state index in [1.165, 1.54) is 18.2 Å². The van der Waals surface area contributed by atoms with Crippen molar-refractivity contribution in [1.82, 2.24) is 10.3 Å². The molecule has 0 spiro atoms. The molecule has 0 atom stereocenters. The van der Waals surface area contributed by atoms with Crippen LogP contribution in [0.5, 0.6) is 0 Å². The first kappa shape index (κ1) is 9.97. The second-order valence-electron chi connectivity index (χ2n) is 2.58. The second-order valence-corrected chi connectivity index (χ2v) is 2.58. The Bertz CT molecular complexity index is 410. The lowest BCUT2D eigenvalue weighted by Crippen LogP contribution is -2.34. The topological polar surface area (TPSA) is 105 Å². The fourth-order valence-corrected chi connectivity index (χ4v) is 0.843. The normalized spacial score (nSPS) is 9.43. The Kier molecular flexibility index (Phi) is 3.01. The molecule has 1 aromatic heterocycles. The largest absolute Gasteiger partial charge is 0.368 e. The molecule has 1 aromatic rings. The van der Waals surface area contributed by atoms with Crippen LogP contribution in [-0.2, 0) is 4.79 Å². The van der Waals surface area contributed by atoms with Crippen molar-refractivity contribution in [2.45, 2.75) is 0 Å². The first-order valence-electron chi connectivity index (χ1n) is 3.85. The van der Waals surface area contributed by atoms with E-state index in [9.17, 15) is 14.4 Å². The number of hydrogen-bond acceptors (Lipinski definition) is 3. The highest BCUT2D eigenvalue weighted by Crippen LogP contribution is 1.88. The minimum absolute atomic E-state index is 0.0961. The molecule has 0 aliphatic carbocycles. The van der Waals surface area contributed by atoms with Crippen molar-refractivity contribution >= 4 is 11.8 Å². The number of aromatic amines is 1. The molecule has 1 rings (SSSR count). The van der Waals surface area contributed by atoms with Crippen LogP contribution in [0.2, 0.25) is 0 Å². The molecule has 0 fully saturated rings. The third-order valence-corrected chi connectivity index (χ3v) is 1.44. The van der Waals surface area contributed by atoms with E-state index in [0.29, 0.717) is 0 Å². The van der Waals surface area contributed by atoms with Crippen LogP contribution in [-0.4, -0.2) is 23.3 Å². The van der Waals surface area contributed by atoms with Crippen LogP contribution in [0, 0.1) is 0 Å². The summed E-state index contributed by atoms with van der Waals surface area (Å²) in [6, 6.07) is 4.15. The van der Waals surface area contributed by atoms with Gasteiger partial charge in [0, 0.05) is 6.07 Å². The van der Waals surface area contributed by atoms with Crippen LogP contribution in [0.3, 0.4) is 0 Å². The van der Waals surface area contributed by atoms with Gasteiger partial charge in [0.2, 0.25) is 11.5 Å². The lowest BCUT2D eigenvalue weighted by Gasteiger charge is -2.01. The summed E-state index contributed by atoms with van der Waals surface area (Å²) < 4.78 is 0. The molecular formula is C8H9N3O3. The van der Waals surface area contributed by atoms with Gasteiger partial charge in [-0.25, -0.2) is 0 Å². The summed E-state index contributed by atoms with van der Waals surface area (Å²) in [5.74, 6) is -1.18. The minimum atomic E-state index is -0.642. The smallest absolute Gasteiger partial charge is 0.268 e. The van der Waals surface area contributed by atoms with Gasteiger partial charge in [-0.2, -0.15) is 0 Å². The lowest BCUT2D eigenvalue weighted by atomic mass is 10.3. The SMILES string of the molecule is NC(=O)CNC(=O)c1cccc(=O)[nH]1.